The van der Waals surface area contributed by atoms with Crippen molar-refractivity contribution in [1.29, 1.82) is 0 Å². The highest BCUT2D eigenvalue weighted by molar-refractivity contribution is 6.30. The van der Waals surface area contributed by atoms with Crippen LogP contribution in [-0.2, 0) is 6.54 Å². The number of nitrogens with one attached hydrogen (secondary N) is 1. The molecule has 1 N–H and O–H groups in total. The van der Waals surface area contributed by atoms with Crippen LogP contribution in [0.15, 0.2) is 42.5 Å². The summed E-state index contributed by atoms with van der Waals surface area (Å²) in [6.45, 7) is 8.26. The summed E-state index contributed by atoms with van der Waals surface area (Å²) < 4.78 is 0. The second kappa shape index (κ2) is 7.89. The van der Waals surface area contributed by atoms with Crippen molar-refractivity contribution in [2.45, 2.75) is 20.4 Å². The summed E-state index contributed by atoms with van der Waals surface area (Å²) in [5.41, 5.74) is 4.52. The fraction of sp³-hybridized carbons (Fsp3) is 0.350. The third-order valence-electron chi connectivity index (χ3n) is 4.74. The third kappa shape index (κ3) is 4.74. The van der Waals surface area contributed by atoms with Gasteiger partial charge in [-0.1, -0.05) is 29.8 Å². The van der Waals surface area contributed by atoms with Gasteiger partial charge in [0, 0.05) is 43.4 Å². The summed E-state index contributed by atoms with van der Waals surface area (Å²) in [4.78, 5) is 16.7. The van der Waals surface area contributed by atoms with Gasteiger partial charge in [-0.05, 0) is 54.8 Å². The molecule has 0 aliphatic carbocycles. The minimum atomic E-state index is -0.0191. The average Bonchev–Trinajstić information content (AvgIpc) is 2.61. The van der Waals surface area contributed by atoms with Crippen LogP contribution < -0.4 is 5.32 Å². The number of anilines is 1. The van der Waals surface area contributed by atoms with Gasteiger partial charge in [-0.15, -0.1) is 0 Å². The van der Waals surface area contributed by atoms with E-state index in [9.17, 15) is 4.79 Å². The van der Waals surface area contributed by atoms with Crippen LogP contribution in [0, 0.1) is 13.8 Å². The van der Waals surface area contributed by atoms with Crippen LogP contribution in [0.4, 0.5) is 10.5 Å². The van der Waals surface area contributed by atoms with E-state index in [1.54, 1.807) is 0 Å². The largest absolute Gasteiger partial charge is 0.322 e. The molecule has 1 aliphatic rings. The first-order chi connectivity index (χ1) is 12.0. The van der Waals surface area contributed by atoms with E-state index in [-0.39, 0.29) is 6.03 Å². The van der Waals surface area contributed by atoms with Crippen molar-refractivity contribution in [3.05, 3.63) is 64.2 Å². The van der Waals surface area contributed by atoms with Crippen molar-refractivity contribution < 1.29 is 4.79 Å². The normalized spacial score (nSPS) is 15.2. The van der Waals surface area contributed by atoms with E-state index in [2.05, 4.69) is 36.2 Å². The number of piperazine rings is 1. The maximum atomic E-state index is 12.4. The third-order valence-corrected chi connectivity index (χ3v) is 4.99. The predicted octanol–water partition coefficient (Wildman–Crippen LogP) is 4.31. The summed E-state index contributed by atoms with van der Waals surface area (Å²) in [5, 5.41) is 3.76. The monoisotopic (exact) mass is 357 g/mol. The van der Waals surface area contributed by atoms with E-state index in [0.29, 0.717) is 0 Å². The highest BCUT2D eigenvalue weighted by atomic mass is 35.5. The molecule has 132 valence electrons. The molecule has 2 amide bonds. The van der Waals surface area contributed by atoms with Gasteiger partial charge in [0.2, 0.25) is 0 Å². The van der Waals surface area contributed by atoms with Gasteiger partial charge in [-0.3, -0.25) is 4.90 Å². The molecule has 1 saturated heterocycles. The van der Waals surface area contributed by atoms with Crippen molar-refractivity contribution in [1.82, 2.24) is 9.80 Å². The van der Waals surface area contributed by atoms with E-state index in [1.165, 1.54) is 16.7 Å². The molecule has 0 atom stereocenters. The Hall–Kier alpha value is -2.04. The summed E-state index contributed by atoms with van der Waals surface area (Å²) in [5.74, 6) is 0. The van der Waals surface area contributed by atoms with Crippen LogP contribution in [-0.4, -0.2) is 42.0 Å². The maximum Gasteiger partial charge on any atom is 0.321 e. The summed E-state index contributed by atoms with van der Waals surface area (Å²) in [6, 6.07) is 13.9. The Balaban J connectivity index is 1.50. The van der Waals surface area contributed by atoms with E-state index < -0.39 is 0 Å². The fourth-order valence-electron chi connectivity index (χ4n) is 2.98. The van der Waals surface area contributed by atoms with Crippen molar-refractivity contribution in [3.63, 3.8) is 0 Å². The second-order valence-electron chi connectivity index (χ2n) is 6.62. The van der Waals surface area contributed by atoms with Crippen LogP contribution in [0.2, 0.25) is 5.02 Å². The number of carbonyl (C=O) groups excluding carboxylic acids is 1. The molecule has 1 aliphatic heterocycles. The lowest BCUT2D eigenvalue weighted by Crippen LogP contribution is -2.49. The van der Waals surface area contributed by atoms with E-state index >= 15 is 0 Å². The number of benzene rings is 2. The zero-order valence-electron chi connectivity index (χ0n) is 14.8. The molecule has 25 heavy (non-hydrogen) atoms. The Bertz CT molecular complexity index is 737. The molecule has 1 heterocycles. The summed E-state index contributed by atoms with van der Waals surface area (Å²) in [6.07, 6.45) is 0. The zero-order chi connectivity index (χ0) is 17.8. The number of hydrogen-bond donors (Lipinski definition) is 1. The van der Waals surface area contributed by atoms with Gasteiger partial charge >= 0.3 is 6.03 Å². The number of halogens is 1. The SMILES string of the molecule is Cc1ccc(NC(=O)N2CCN(Cc3ccc(Cl)cc3)CC2)cc1C. The number of hydrogen-bond acceptors (Lipinski definition) is 2. The first kappa shape index (κ1) is 17.8. The first-order valence-electron chi connectivity index (χ1n) is 8.61. The topological polar surface area (TPSA) is 35.6 Å². The Morgan fingerprint density at radius 3 is 2.32 bits per heavy atom. The molecular weight excluding hydrogens is 334 g/mol. The van der Waals surface area contributed by atoms with E-state index in [0.717, 1.165) is 43.4 Å². The quantitative estimate of drug-likeness (QED) is 0.888. The lowest BCUT2D eigenvalue weighted by atomic mass is 10.1. The number of carbonyl (C=O) groups is 1. The van der Waals surface area contributed by atoms with Crippen molar-refractivity contribution in [3.8, 4) is 0 Å². The minimum Gasteiger partial charge on any atom is -0.322 e. The molecule has 1 fully saturated rings. The molecule has 5 heteroatoms. The van der Waals surface area contributed by atoms with Crippen molar-refractivity contribution >= 4 is 23.3 Å². The van der Waals surface area contributed by atoms with Gasteiger partial charge in [0.15, 0.2) is 0 Å². The average molecular weight is 358 g/mol. The first-order valence-corrected chi connectivity index (χ1v) is 8.99. The molecule has 0 saturated carbocycles. The molecule has 4 nitrogen and oxygen atoms in total. The van der Waals surface area contributed by atoms with Gasteiger partial charge in [-0.25, -0.2) is 4.79 Å². The lowest BCUT2D eigenvalue weighted by molar-refractivity contribution is 0.143. The minimum absolute atomic E-state index is 0.0191. The van der Waals surface area contributed by atoms with Crippen molar-refractivity contribution in [2.24, 2.45) is 0 Å². The molecular formula is C20H24ClN3O. The Morgan fingerprint density at radius 1 is 1.00 bits per heavy atom. The molecule has 2 aromatic rings. The number of urea groups is 1. The Labute approximate surface area is 154 Å². The lowest BCUT2D eigenvalue weighted by Gasteiger charge is -2.34. The van der Waals surface area contributed by atoms with Crippen LogP contribution in [0.3, 0.4) is 0 Å². The number of aryl methyl sites for hydroxylation is 2. The van der Waals surface area contributed by atoms with Gasteiger partial charge in [0.05, 0.1) is 0 Å². The highest BCUT2D eigenvalue weighted by Gasteiger charge is 2.21. The van der Waals surface area contributed by atoms with Crippen LogP contribution in [0.1, 0.15) is 16.7 Å². The predicted molar refractivity (Wildman–Crippen MR) is 103 cm³/mol. The smallest absolute Gasteiger partial charge is 0.321 e. The van der Waals surface area contributed by atoms with Gasteiger partial charge in [0.25, 0.3) is 0 Å². The molecule has 0 radical (unpaired) electrons. The summed E-state index contributed by atoms with van der Waals surface area (Å²) in [7, 11) is 0. The molecule has 0 spiro atoms. The van der Waals surface area contributed by atoms with Gasteiger partial charge in [0.1, 0.15) is 0 Å². The fourth-order valence-corrected chi connectivity index (χ4v) is 3.10. The number of nitrogens with zero attached hydrogens (tertiary/aromatic N) is 2. The van der Waals surface area contributed by atoms with Crippen LogP contribution in [0.5, 0.6) is 0 Å². The molecule has 2 aromatic carbocycles. The standard InChI is InChI=1S/C20H24ClN3O/c1-15-3-8-19(13-16(15)2)22-20(25)24-11-9-23(10-12-24)14-17-4-6-18(21)7-5-17/h3-8,13H,9-12,14H2,1-2H3,(H,22,25). The van der Waals surface area contributed by atoms with Crippen LogP contribution >= 0.6 is 11.6 Å². The molecule has 0 bridgehead atoms. The second-order valence-corrected chi connectivity index (χ2v) is 7.06. The summed E-state index contributed by atoms with van der Waals surface area (Å²) >= 11 is 5.93. The van der Waals surface area contributed by atoms with E-state index in [4.69, 9.17) is 11.6 Å². The Morgan fingerprint density at radius 2 is 1.68 bits per heavy atom. The van der Waals surface area contributed by atoms with E-state index in [1.807, 2.05) is 35.2 Å². The molecule has 0 unspecified atom stereocenters. The zero-order valence-corrected chi connectivity index (χ0v) is 15.5. The van der Waals surface area contributed by atoms with Gasteiger partial charge < -0.3 is 10.2 Å². The number of rotatable bonds is 3. The number of amides is 2. The van der Waals surface area contributed by atoms with Crippen molar-refractivity contribution in [2.75, 3.05) is 31.5 Å². The molecule has 0 aromatic heterocycles. The highest BCUT2D eigenvalue weighted by Crippen LogP contribution is 2.16. The maximum absolute atomic E-state index is 12.4. The van der Waals surface area contributed by atoms with Gasteiger partial charge in [-0.2, -0.15) is 0 Å². The molecule has 3 rings (SSSR count). The Kier molecular flexibility index (Phi) is 5.61. The van der Waals surface area contributed by atoms with Crippen LogP contribution in [0.25, 0.3) is 0 Å².